The van der Waals surface area contributed by atoms with Crippen LogP contribution in [0.4, 0.5) is 4.39 Å². The van der Waals surface area contributed by atoms with Crippen molar-refractivity contribution in [1.82, 2.24) is 0 Å². The Morgan fingerprint density at radius 2 is 2.00 bits per heavy atom. The van der Waals surface area contributed by atoms with Gasteiger partial charge in [-0.3, -0.25) is 0 Å². The van der Waals surface area contributed by atoms with E-state index in [1.807, 2.05) is 0 Å². The Bertz CT molecular complexity index is 172. The molecule has 0 N–H and O–H groups in total. The highest BCUT2D eigenvalue weighted by Gasteiger charge is 2.63. The molecule has 3 aliphatic heterocycles. The van der Waals surface area contributed by atoms with Gasteiger partial charge in [0, 0.05) is 0 Å². The molecular formula is C6H7FO3. The minimum absolute atomic E-state index is 0.00185. The molecule has 0 amide bonds. The molecule has 0 aromatic rings. The lowest BCUT2D eigenvalue weighted by atomic mass is 10.2. The maximum Gasteiger partial charge on any atom is 0.228 e. The molecule has 3 aliphatic rings. The molecule has 2 bridgehead atoms. The highest BCUT2D eigenvalue weighted by Crippen LogP contribution is 2.44. The summed E-state index contributed by atoms with van der Waals surface area (Å²) in [6.45, 7) is 0.346. The zero-order valence-electron chi connectivity index (χ0n) is 5.20. The summed E-state index contributed by atoms with van der Waals surface area (Å²) < 4.78 is 27.9. The number of epoxide rings is 1. The second-order valence-electron chi connectivity index (χ2n) is 2.89. The average Bonchev–Trinajstić information content (AvgIpc) is 2.65. The van der Waals surface area contributed by atoms with E-state index in [0.717, 1.165) is 0 Å². The number of hydrogen-bond donors (Lipinski definition) is 0. The van der Waals surface area contributed by atoms with Crippen molar-refractivity contribution in [3.63, 3.8) is 0 Å². The molecule has 5 atom stereocenters. The van der Waals surface area contributed by atoms with Crippen molar-refractivity contribution >= 4 is 0 Å². The Morgan fingerprint density at radius 3 is 2.80 bits per heavy atom. The van der Waals surface area contributed by atoms with Crippen LogP contribution < -0.4 is 0 Å². The number of fused-ring (bicyclic) bond motifs is 5. The van der Waals surface area contributed by atoms with Crippen LogP contribution in [0.2, 0.25) is 0 Å². The Kier molecular flexibility index (Phi) is 0.829. The van der Waals surface area contributed by atoms with E-state index in [2.05, 4.69) is 0 Å². The van der Waals surface area contributed by atoms with Gasteiger partial charge >= 0.3 is 0 Å². The van der Waals surface area contributed by atoms with Crippen LogP contribution in [0.5, 0.6) is 0 Å². The Hall–Kier alpha value is -0.190. The van der Waals surface area contributed by atoms with E-state index in [1.165, 1.54) is 0 Å². The van der Waals surface area contributed by atoms with Crippen LogP contribution in [-0.4, -0.2) is 37.4 Å². The monoisotopic (exact) mass is 146 g/mol. The maximum absolute atomic E-state index is 12.7. The number of halogens is 1. The van der Waals surface area contributed by atoms with Gasteiger partial charge in [-0.05, 0) is 0 Å². The van der Waals surface area contributed by atoms with E-state index in [-0.39, 0.29) is 18.3 Å². The zero-order chi connectivity index (χ0) is 6.72. The molecule has 10 heavy (non-hydrogen) atoms. The first-order valence-electron chi connectivity index (χ1n) is 3.43. The van der Waals surface area contributed by atoms with Gasteiger partial charge in [-0.25, -0.2) is 4.39 Å². The summed E-state index contributed by atoms with van der Waals surface area (Å²) in [5.41, 5.74) is 0. The van der Waals surface area contributed by atoms with Crippen molar-refractivity contribution in [1.29, 1.82) is 0 Å². The van der Waals surface area contributed by atoms with E-state index in [4.69, 9.17) is 14.2 Å². The lowest BCUT2D eigenvalue weighted by Gasteiger charge is -2.26. The predicted molar refractivity (Wildman–Crippen MR) is 28.2 cm³/mol. The summed E-state index contributed by atoms with van der Waals surface area (Å²) in [5, 5.41) is 0. The van der Waals surface area contributed by atoms with Gasteiger partial charge in [-0.1, -0.05) is 0 Å². The van der Waals surface area contributed by atoms with Gasteiger partial charge in [0.2, 0.25) is 6.36 Å². The van der Waals surface area contributed by atoms with E-state index in [1.54, 1.807) is 0 Å². The third-order valence-corrected chi connectivity index (χ3v) is 2.26. The van der Waals surface area contributed by atoms with Crippen LogP contribution >= 0.6 is 0 Å². The van der Waals surface area contributed by atoms with Crippen LogP contribution in [0.15, 0.2) is 0 Å². The van der Waals surface area contributed by atoms with Gasteiger partial charge in [0.1, 0.15) is 24.4 Å². The summed E-state index contributed by atoms with van der Waals surface area (Å²) in [7, 11) is 0. The van der Waals surface area contributed by atoms with Gasteiger partial charge < -0.3 is 14.2 Å². The minimum Gasteiger partial charge on any atom is -0.364 e. The van der Waals surface area contributed by atoms with Crippen LogP contribution in [0.1, 0.15) is 0 Å². The van der Waals surface area contributed by atoms with Crippen molar-refractivity contribution in [3.8, 4) is 0 Å². The standard InChI is InChI=1S/C6H7FO3/c7-6-5-4-3(10-4)2(9-5)1-8-6/h2-6H,1H2/t2-,3-,4-,5-,6-/m1/s1. The summed E-state index contributed by atoms with van der Waals surface area (Å²) >= 11 is 0. The first-order valence-corrected chi connectivity index (χ1v) is 3.43. The highest BCUT2D eigenvalue weighted by molar-refractivity contribution is 5.06. The fraction of sp³-hybridized carbons (Fsp3) is 1.00. The Labute approximate surface area is 57.1 Å². The third kappa shape index (κ3) is 0.504. The van der Waals surface area contributed by atoms with Gasteiger partial charge in [0.05, 0.1) is 6.61 Å². The van der Waals surface area contributed by atoms with E-state index in [9.17, 15) is 4.39 Å². The van der Waals surface area contributed by atoms with Crippen molar-refractivity contribution in [3.05, 3.63) is 0 Å². The third-order valence-electron chi connectivity index (χ3n) is 2.26. The summed E-state index contributed by atoms with van der Waals surface area (Å²) in [4.78, 5) is 0. The van der Waals surface area contributed by atoms with Gasteiger partial charge in [0.15, 0.2) is 0 Å². The number of ether oxygens (including phenoxy) is 3. The molecule has 3 fully saturated rings. The lowest BCUT2D eigenvalue weighted by molar-refractivity contribution is -0.221. The summed E-state index contributed by atoms with van der Waals surface area (Å²) in [6, 6.07) is 0. The quantitative estimate of drug-likeness (QED) is 0.445. The molecule has 0 spiro atoms. The van der Waals surface area contributed by atoms with Crippen LogP contribution in [-0.2, 0) is 14.2 Å². The molecule has 0 aliphatic carbocycles. The topological polar surface area (TPSA) is 31.0 Å². The summed E-state index contributed by atoms with van der Waals surface area (Å²) in [6.07, 6.45) is -1.59. The first-order chi connectivity index (χ1) is 4.86. The van der Waals surface area contributed by atoms with Crippen molar-refractivity contribution in [2.45, 2.75) is 30.8 Å². The molecule has 0 aromatic carbocycles. The van der Waals surface area contributed by atoms with Crippen LogP contribution in [0.25, 0.3) is 0 Å². The molecule has 3 rings (SSSR count). The van der Waals surface area contributed by atoms with Gasteiger partial charge in [0.25, 0.3) is 0 Å². The van der Waals surface area contributed by atoms with E-state index in [0.29, 0.717) is 6.61 Å². The molecule has 3 saturated heterocycles. The van der Waals surface area contributed by atoms with E-state index < -0.39 is 12.5 Å². The smallest absolute Gasteiger partial charge is 0.228 e. The molecule has 0 unspecified atom stereocenters. The first kappa shape index (κ1) is 5.46. The molecule has 0 radical (unpaired) electrons. The highest BCUT2D eigenvalue weighted by atomic mass is 19.1. The van der Waals surface area contributed by atoms with Crippen molar-refractivity contribution in [2.24, 2.45) is 0 Å². The SMILES string of the molecule is F[C@@H]1OC[C@H]2O[C@@H]1[C@@H]1O[C@@H]12. The molecule has 0 saturated carbocycles. The second kappa shape index (κ2) is 1.52. The van der Waals surface area contributed by atoms with Crippen LogP contribution in [0, 0.1) is 0 Å². The number of rotatable bonds is 0. The summed E-state index contributed by atoms with van der Waals surface area (Å²) in [5.74, 6) is 0. The van der Waals surface area contributed by atoms with Crippen molar-refractivity contribution < 1.29 is 18.6 Å². The zero-order valence-corrected chi connectivity index (χ0v) is 5.20. The predicted octanol–water partition coefficient (Wildman–Crippen LogP) is -0.153. The molecule has 4 heteroatoms. The Balaban J connectivity index is 1.90. The van der Waals surface area contributed by atoms with Gasteiger partial charge in [-0.2, -0.15) is 0 Å². The normalized spacial score (nSPS) is 63.9. The minimum atomic E-state index is -1.27. The fourth-order valence-electron chi connectivity index (χ4n) is 1.68. The maximum atomic E-state index is 12.7. The lowest BCUT2D eigenvalue weighted by Crippen LogP contribution is -2.39. The molecule has 0 aromatic heterocycles. The van der Waals surface area contributed by atoms with Gasteiger partial charge in [-0.15, -0.1) is 0 Å². The largest absolute Gasteiger partial charge is 0.364 e. The molecule has 3 nitrogen and oxygen atoms in total. The number of alkyl halides is 1. The fourth-order valence-corrected chi connectivity index (χ4v) is 1.68. The molecule has 56 valence electrons. The molecule has 3 heterocycles. The van der Waals surface area contributed by atoms with Crippen molar-refractivity contribution in [2.75, 3.05) is 6.61 Å². The number of hydrogen-bond acceptors (Lipinski definition) is 3. The molecular weight excluding hydrogens is 139 g/mol. The second-order valence-corrected chi connectivity index (χ2v) is 2.89. The van der Waals surface area contributed by atoms with E-state index >= 15 is 0 Å². The average molecular weight is 146 g/mol. The van der Waals surface area contributed by atoms with Crippen LogP contribution in [0.3, 0.4) is 0 Å². The Morgan fingerprint density at radius 1 is 1.10 bits per heavy atom.